The summed E-state index contributed by atoms with van der Waals surface area (Å²) < 4.78 is 0. The van der Waals surface area contributed by atoms with Crippen LogP contribution in [0.3, 0.4) is 0 Å². The van der Waals surface area contributed by atoms with Crippen LogP contribution in [0, 0.1) is 6.92 Å². The number of hydrogen-bond donors (Lipinski definition) is 0. The molecule has 2 aliphatic heterocycles. The van der Waals surface area contributed by atoms with Gasteiger partial charge in [0.2, 0.25) is 11.8 Å². The first-order chi connectivity index (χ1) is 13.4. The number of likely N-dealkylation sites (tertiary alicyclic amines) is 1. The molecule has 0 bridgehead atoms. The summed E-state index contributed by atoms with van der Waals surface area (Å²) in [5.41, 5.74) is 2.53. The molecule has 2 fully saturated rings. The van der Waals surface area contributed by atoms with Gasteiger partial charge < -0.3 is 14.7 Å². The van der Waals surface area contributed by atoms with Crippen molar-refractivity contribution in [3.05, 3.63) is 35.4 Å². The minimum atomic E-state index is -0.0171. The van der Waals surface area contributed by atoms with Crippen molar-refractivity contribution in [2.75, 3.05) is 53.4 Å². The van der Waals surface area contributed by atoms with E-state index in [1.54, 1.807) is 0 Å². The normalized spacial score (nSPS) is 20.8. The van der Waals surface area contributed by atoms with Gasteiger partial charge in [-0.25, -0.2) is 0 Å². The molecule has 6 heteroatoms. The molecule has 0 saturated carbocycles. The van der Waals surface area contributed by atoms with Gasteiger partial charge >= 0.3 is 0 Å². The van der Waals surface area contributed by atoms with Gasteiger partial charge in [0.25, 0.3) is 0 Å². The summed E-state index contributed by atoms with van der Waals surface area (Å²) >= 11 is 0. The molecule has 2 amide bonds. The maximum absolute atomic E-state index is 13.1. The Labute approximate surface area is 169 Å². The van der Waals surface area contributed by atoms with Crippen LogP contribution >= 0.6 is 0 Å². The average molecular weight is 387 g/mol. The molecule has 154 valence electrons. The van der Waals surface area contributed by atoms with Gasteiger partial charge in [-0.15, -0.1) is 0 Å². The summed E-state index contributed by atoms with van der Waals surface area (Å²) in [5.74, 6) is 0.438. The van der Waals surface area contributed by atoms with Gasteiger partial charge in [0, 0.05) is 45.7 Å². The number of carbonyl (C=O) groups excluding carboxylic acids is 2. The van der Waals surface area contributed by atoms with E-state index in [0.717, 1.165) is 32.5 Å². The summed E-state index contributed by atoms with van der Waals surface area (Å²) in [6.07, 6.45) is 2.56. The summed E-state index contributed by atoms with van der Waals surface area (Å²) in [6.45, 7) is 7.31. The molecule has 0 N–H and O–H groups in total. The van der Waals surface area contributed by atoms with Crippen molar-refractivity contribution in [3.63, 3.8) is 0 Å². The van der Waals surface area contributed by atoms with Gasteiger partial charge in [-0.3, -0.25) is 14.5 Å². The lowest BCUT2D eigenvalue weighted by Gasteiger charge is -2.37. The van der Waals surface area contributed by atoms with Crippen molar-refractivity contribution in [2.24, 2.45) is 0 Å². The Kier molecular flexibility index (Phi) is 7.08. The van der Waals surface area contributed by atoms with Crippen LogP contribution in [0.25, 0.3) is 0 Å². The van der Waals surface area contributed by atoms with Crippen molar-refractivity contribution in [3.8, 4) is 0 Å². The molecular weight excluding hydrogens is 352 g/mol. The van der Waals surface area contributed by atoms with Crippen LogP contribution in [-0.4, -0.2) is 90.8 Å². The number of piperazine rings is 1. The Balaban J connectivity index is 1.52. The fraction of sp³-hybridized carbons (Fsp3) is 0.636. The van der Waals surface area contributed by atoms with Gasteiger partial charge in [0.1, 0.15) is 0 Å². The van der Waals surface area contributed by atoms with Gasteiger partial charge in [0.05, 0.1) is 6.04 Å². The maximum atomic E-state index is 13.1. The third kappa shape index (κ3) is 5.32. The van der Waals surface area contributed by atoms with E-state index in [2.05, 4.69) is 36.1 Å². The van der Waals surface area contributed by atoms with Crippen LogP contribution < -0.4 is 0 Å². The molecule has 2 saturated heterocycles. The van der Waals surface area contributed by atoms with Gasteiger partial charge in [0.15, 0.2) is 0 Å². The highest BCUT2D eigenvalue weighted by Crippen LogP contribution is 2.23. The fourth-order valence-electron chi connectivity index (χ4n) is 4.20. The van der Waals surface area contributed by atoms with E-state index in [1.165, 1.54) is 11.1 Å². The summed E-state index contributed by atoms with van der Waals surface area (Å²) in [7, 11) is 3.96. The molecule has 0 aliphatic carbocycles. The minimum Gasteiger partial charge on any atom is -0.339 e. The highest BCUT2D eigenvalue weighted by atomic mass is 16.2. The zero-order chi connectivity index (χ0) is 20.1. The molecule has 1 aromatic rings. The summed E-state index contributed by atoms with van der Waals surface area (Å²) in [5, 5.41) is 0. The van der Waals surface area contributed by atoms with Crippen molar-refractivity contribution < 1.29 is 9.59 Å². The summed E-state index contributed by atoms with van der Waals surface area (Å²) in [4.78, 5) is 33.7. The molecule has 2 heterocycles. The Morgan fingerprint density at radius 3 is 2.46 bits per heavy atom. The number of amides is 2. The van der Waals surface area contributed by atoms with Gasteiger partial charge in [-0.2, -0.15) is 0 Å². The largest absolute Gasteiger partial charge is 0.339 e. The lowest BCUT2D eigenvalue weighted by molar-refractivity contribution is -0.142. The van der Waals surface area contributed by atoms with Gasteiger partial charge in [-0.05, 0) is 46.0 Å². The molecular formula is C22H34N4O2. The van der Waals surface area contributed by atoms with Crippen LogP contribution in [0.2, 0.25) is 0 Å². The molecule has 28 heavy (non-hydrogen) atoms. The molecule has 0 aromatic heterocycles. The van der Waals surface area contributed by atoms with E-state index in [9.17, 15) is 9.59 Å². The molecule has 3 rings (SSSR count). The standard InChI is InChI=1S/C22H34N4O2/c1-18-6-4-7-19(16-18)17-26-10-5-8-20(26)22(28)25-14-12-24(13-15-25)21(27)9-11-23(2)3/h4,6-7,16,20H,5,8-15,17H2,1-3H3. The lowest BCUT2D eigenvalue weighted by Crippen LogP contribution is -2.54. The van der Waals surface area contributed by atoms with E-state index >= 15 is 0 Å². The Bertz CT molecular complexity index is 683. The lowest BCUT2D eigenvalue weighted by atomic mass is 10.1. The average Bonchev–Trinajstić information content (AvgIpc) is 3.13. The van der Waals surface area contributed by atoms with Crippen LogP contribution in [0.4, 0.5) is 0 Å². The smallest absolute Gasteiger partial charge is 0.240 e. The Morgan fingerprint density at radius 1 is 1.07 bits per heavy atom. The first-order valence-corrected chi connectivity index (χ1v) is 10.4. The van der Waals surface area contributed by atoms with Gasteiger partial charge in [-0.1, -0.05) is 29.8 Å². The van der Waals surface area contributed by atoms with Crippen LogP contribution in [0.1, 0.15) is 30.4 Å². The van der Waals surface area contributed by atoms with E-state index in [1.807, 2.05) is 28.8 Å². The van der Waals surface area contributed by atoms with Crippen LogP contribution in [0.15, 0.2) is 24.3 Å². The molecule has 1 aromatic carbocycles. The number of carbonyl (C=O) groups is 2. The van der Waals surface area contributed by atoms with Crippen LogP contribution in [0.5, 0.6) is 0 Å². The molecule has 6 nitrogen and oxygen atoms in total. The zero-order valence-electron chi connectivity index (χ0n) is 17.6. The monoisotopic (exact) mass is 386 g/mol. The second-order valence-electron chi connectivity index (χ2n) is 8.38. The molecule has 1 unspecified atom stereocenters. The SMILES string of the molecule is Cc1cccc(CN2CCCC2C(=O)N2CCN(C(=O)CCN(C)C)CC2)c1. The number of benzene rings is 1. The van der Waals surface area contributed by atoms with E-state index < -0.39 is 0 Å². The topological polar surface area (TPSA) is 47.1 Å². The highest BCUT2D eigenvalue weighted by Gasteiger charge is 2.35. The van der Waals surface area contributed by atoms with Crippen molar-refractivity contribution in [1.29, 1.82) is 0 Å². The Morgan fingerprint density at radius 2 is 1.79 bits per heavy atom. The predicted octanol–water partition coefficient (Wildman–Crippen LogP) is 1.58. The van der Waals surface area contributed by atoms with E-state index in [-0.39, 0.29) is 17.9 Å². The third-order valence-corrected chi connectivity index (χ3v) is 5.83. The fourth-order valence-corrected chi connectivity index (χ4v) is 4.20. The van der Waals surface area contributed by atoms with Crippen molar-refractivity contribution in [2.45, 2.75) is 38.8 Å². The first-order valence-electron chi connectivity index (χ1n) is 10.4. The van der Waals surface area contributed by atoms with Crippen LogP contribution in [-0.2, 0) is 16.1 Å². The molecule has 2 aliphatic rings. The quantitative estimate of drug-likeness (QED) is 0.745. The van der Waals surface area contributed by atoms with E-state index in [4.69, 9.17) is 0 Å². The van der Waals surface area contributed by atoms with Crippen molar-refractivity contribution in [1.82, 2.24) is 19.6 Å². The number of aryl methyl sites for hydroxylation is 1. The number of nitrogens with zero attached hydrogens (tertiary/aromatic N) is 4. The van der Waals surface area contributed by atoms with Crippen molar-refractivity contribution >= 4 is 11.8 Å². The molecule has 1 atom stereocenters. The predicted molar refractivity (Wildman–Crippen MR) is 111 cm³/mol. The zero-order valence-corrected chi connectivity index (χ0v) is 17.6. The third-order valence-electron chi connectivity index (χ3n) is 5.83. The number of rotatable bonds is 6. The van der Waals surface area contributed by atoms with E-state index in [0.29, 0.717) is 32.6 Å². The Hall–Kier alpha value is -1.92. The minimum absolute atomic E-state index is 0.0171. The number of hydrogen-bond acceptors (Lipinski definition) is 4. The second-order valence-corrected chi connectivity index (χ2v) is 8.38. The second kappa shape index (κ2) is 9.52. The molecule has 0 radical (unpaired) electrons. The summed E-state index contributed by atoms with van der Waals surface area (Å²) in [6, 6.07) is 8.53. The highest BCUT2D eigenvalue weighted by molar-refractivity contribution is 5.83. The maximum Gasteiger partial charge on any atom is 0.240 e. The first kappa shape index (κ1) is 20.8. The molecule has 0 spiro atoms.